The summed E-state index contributed by atoms with van der Waals surface area (Å²) in [5.41, 5.74) is 8.47. The lowest BCUT2D eigenvalue weighted by atomic mass is 10.2. The van der Waals surface area contributed by atoms with E-state index in [0.29, 0.717) is 44.1 Å². The summed E-state index contributed by atoms with van der Waals surface area (Å²) in [5.74, 6) is 0. The Kier molecular flexibility index (Phi) is 7.15. The van der Waals surface area contributed by atoms with Gasteiger partial charge in [0.05, 0.1) is 50.6 Å². The second-order valence-corrected chi connectivity index (χ2v) is 6.97. The first-order chi connectivity index (χ1) is 15.2. The van der Waals surface area contributed by atoms with Crippen LogP contribution in [0.1, 0.15) is 12.1 Å². The summed E-state index contributed by atoms with van der Waals surface area (Å²) in [6, 6.07) is 7.29. The van der Waals surface area contributed by atoms with Crippen molar-refractivity contribution in [2.75, 3.05) is 32.2 Å². The molecule has 0 amide bonds. The summed E-state index contributed by atoms with van der Waals surface area (Å²) < 4.78 is 22.8. The maximum atomic E-state index is 11.8. The minimum absolute atomic E-state index is 0.0728. The van der Waals surface area contributed by atoms with E-state index in [-0.39, 0.29) is 18.1 Å². The van der Waals surface area contributed by atoms with Crippen LogP contribution in [-0.4, -0.2) is 58.5 Å². The number of ether oxygens (including phenoxy) is 4. The van der Waals surface area contributed by atoms with Crippen molar-refractivity contribution in [3.05, 3.63) is 58.9 Å². The Bertz CT molecular complexity index is 1050. The molecule has 2 fully saturated rings. The zero-order chi connectivity index (χ0) is 21.5. The van der Waals surface area contributed by atoms with Gasteiger partial charge >= 0.3 is 0 Å². The summed E-state index contributed by atoms with van der Waals surface area (Å²) in [6.45, 7) is 2.87. The lowest BCUT2D eigenvalue weighted by molar-refractivity contribution is -0.0524. The molecule has 2 aliphatic rings. The molecule has 0 saturated carbocycles. The minimum atomic E-state index is -0.375. The molecule has 2 aliphatic heterocycles. The molecule has 31 heavy (non-hydrogen) atoms. The molecule has 0 bridgehead atoms. The lowest BCUT2D eigenvalue weighted by Gasteiger charge is -2.12. The second-order valence-electron chi connectivity index (χ2n) is 6.97. The van der Waals surface area contributed by atoms with Crippen molar-refractivity contribution in [2.24, 2.45) is 0 Å². The van der Waals surface area contributed by atoms with Gasteiger partial charge in [0.15, 0.2) is 18.2 Å². The van der Waals surface area contributed by atoms with Crippen molar-refractivity contribution in [3.63, 3.8) is 0 Å². The van der Waals surface area contributed by atoms with Gasteiger partial charge < -0.3 is 24.7 Å². The molecule has 2 saturated heterocycles. The summed E-state index contributed by atoms with van der Waals surface area (Å²) in [7, 11) is 0. The minimum Gasteiger partial charge on any atom is -0.397 e. The number of nitrogens with two attached hydrogens (primary N) is 1. The molecule has 0 aromatic carbocycles. The van der Waals surface area contributed by atoms with Crippen LogP contribution in [0.15, 0.2) is 47.7 Å². The van der Waals surface area contributed by atoms with Crippen LogP contribution in [0.5, 0.6) is 0 Å². The number of pyridine rings is 2. The van der Waals surface area contributed by atoms with Gasteiger partial charge in [-0.05, 0) is 30.7 Å². The monoisotopic (exact) mass is 427 g/mol. The van der Waals surface area contributed by atoms with Crippen molar-refractivity contribution < 1.29 is 18.9 Å². The van der Waals surface area contributed by atoms with E-state index in [0.717, 1.165) is 24.2 Å². The number of nitrogens with zero attached hydrogens (tertiary/aromatic N) is 4. The Labute approximate surface area is 178 Å². The zero-order valence-electron chi connectivity index (χ0n) is 17.1. The highest BCUT2D eigenvalue weighted by molar-refractivity contribution is 5.69. The van der Waals surface area contributed by atoms with Gasteiger partial charge in [0.1, 0.15) is 5.52 Å². The number of fused-ring (bicyclic) bond motifs is 1. The first-order valence-corrected chi connectivity index (χ1v) is 10.2. The zero-order valence-corrected chi connectivity index (χ0v) is 17.1. The molecule has 0 atom stereocenters. The van der Waals surface area contributed by atoms with E-state index in [4.69, 9.17) is 24.7 Å². The van der Waals surface area contributed by atoms with E-state index in [1.165, 1.54) is 10.8 Å². The maximum absolute atomic E-state index is 11.8. The SMILES string of the molecule is Nc1cccnc1CCC1OCCO1.O=c1cnc2cccnc2n1CC1OCCO1. The number of hydrogen-bond donors (Lipinski definition) is 1. The number of anilines is 1. The third-order valence-corrected chi connectivity index (χ3v) is 4.86. The van der Waals surface area contributed by atoms with E-state index < -0.39 is 0 Å². The van der Waals surface area contributed by atoms with Gasteiger partial charge in [0, 0.05) is 18.8 Å². The fraction of sp³-hybridized carbons (Fsp3) is 0.429. The Morgan fingerprint density at radius 1 is 0.935 bits per heavy atom. The Balaban J connectivity index is 0.000000152. The average molecular weight is 427 g/mol. The number of hydrogen-bond acceptors (Lipinski definition) is 9. The molecule has 3 aromatic rings. The van der Waals surface area contributed by atoms with E-state index >= 15 is 0 Å². The number of nitrogen functional groups attached to an aromatic ring is 1. The molecule has 164 valence electrons. The fourth-order valence-electron chi connectivity index (χ4n) is 3.32. The molecular weight excluding hydrogens is 402 g/mol. The maximum Gasteiger partial charge on any atom is 0.270 e. The van der Waals surface area contributed by atoms with Crippen LogP contribution in [0.3, 0.4) is 0 Å². The molecule has 3 aromatic heterocycles. The van der Waals surface area contributed by atoms with E-state index in [9.17, 15) is 4.79 Å². The molecule has 0 aliphatic carbocycles. The van der Waals surface area contributed by atoms with E-state index in [1.807, 2.05) is 18.2 Å². The highest BCUT2D eigenvalue weighted by Crippen LogP contribution is 2.15. The number of aromatic nitrogens is 4. The molecule has 10 nitrogen and oxygen atoms in total. The molecule has 0 unspecified atom stereocenters. The normalized spacial score (nSPS) is 17.0. The van der Waals surface area contributed by atoms with Crippen LogP contribution in [-0.2, 0) is 31.9 Å². The quantitative estimate of drug-likeness (QED) is 0.638. The lowest BCUT2D eigenvalue weighted by Crippen LogP contribution is -2.28. The van der Waals surface area contributed by atoms with Crippen LogP contribution in [0.4, 0.5) is 5.69 Å². The summed E-state index contributed by atoms with van der Waals surface area (Å²) in [6.07, 6.45) is 5.85. The Hall–Kier alpha value is -2.92. The van der Waals surface area contributed by atoms with E-state index in [1.54, 1.807) is 18.5 Å². The predicted molar refractivity (Wildman–Crippen MR) is 112 cm³/mol. The number of aryl methyl sites for hydroxylation is 1. The predicted octanol–water partition coefficient (Wildman–Crippen LogP) is 1.13. The second kappa shape index (κ2) is 10.4. The summed E-state index contributed by atoms with van der Waals surface area (Å²) in [5, 5.41) is 0. The van der Waals surface area contributed by atoms with Gasteiger partial charge in [-0.25, -0.2) is 9.97 Å². The molecule has 5 rings (SSSR count). The topological polar surface area (TPSA) is 124 Å². The first kappa shape index (κ1) is 21.3. The van der Waals surface area contributed by atoms with Crippen molar-refractivity contribution in [2.45, 2.75) is 32.0 Å². The largest absolute Gasteiger partial charge is 0.397 e. The molecular formula is C21H25N5O5. The van der Waals surface area contributed by atoms with Crippen LogP contribution >= 0.6 is 0 Å². The van der Waals surface area contributed by atoms with Gasteiger partial charge in [-0.15, -0.1) is 0 Å². The van der Waals surface area contributed by atoms with Crippen molar-refractivity contribution in [1.82, 2.24) is 19.5 Å². The Morgan fingerprint density at radius 3 is 2.35 bits per heavy atom. The van der Waals surface area contributed by atoms with Crippen LogP contribution in [0, 0.1) is 0 Å². The summed E-state index contributed by atoms with van der Waals surface area (Å²) in [4.78, 5) is 24.2. The standard InChI is InChI=1S/C11H11N3O3.C10H14N2O2/c15-9-6-13-8-2-1-3-12-11(8)14(9)7-10-16-4-5-17-10;11-8-2-1-5-12-9(8)3-4-10-13-6-7-14-10/h1-3,6,10H,4-5,7H2;1-2,5,10H,3-4,6-7,11H2. The van der Waals surface area contributed by atoms with Crippen molar-refractivity contribution >= 4 is 16.9 Å². The smallest absolute Gasteiger partial charge is 0.270 e. The molecule has 5 heterocycles. The van der Waals surface area contributed by atoms with Crippen LogP contribution in [0.25, 0.3) is 11.2 Å². The highest BCUT2D eigenvalue weighted by Gasteiger charge is 2.18. The van der Waals surface area contributed by atoms with Gasteiger partial charge in [0.25, 0.3) is 5.56 Å². The fourth-order valence-corrected chi connectivity index (χ4v) is 3.32. The molecule has 2 N–H and O–H groups in total. The highest BCUT2D eigenvalue weighted by atomic mass is 16.7. The van der Waals surface area contributed by atoms with Crippen LogP contribution < -0.4 is 11.3 Å². The van der Waals surface area contributed by atoms with Gasteiger partial charge in [-0.1, -0.05) is 0 Å². The van der Waals surface area contributed by atoms with Gasteiger partial charge in [-0.2, -0.15) is 0 Å². The van der Waals surface area contributed by atoms with Crippen LogP contribution in [0.2, 0.25) is 0 Å². The van der Waals surface area contributed by atoms with Crippen molar-refractivity contribution in [3.8, 4) is 0 Å². The Morgan fingerprint density at radius 2 is 1.61 bits per heavy atom. The number of rotatable bonds is 5. The third kappa shape index (κ3) is 5.61. The van der Waals surface area contributed by atoms with Gasteiger partial charge in [-0.3, -0.25) is 14.3 Å². The molecule has 10 heteroatoms. The van der Waals surface area contributed by atoms with E-state index in [2.05, 4.69) is 15.0 Å². The summed E-state index contributed by atoms with van der Waals surface area (Å²) >= 11 is 0. The van der Waals surface area contributed by atoms with Crippen molar-refractivity contribution in [1.29, 1.82) is 0 Å². The average Bonchev–Trinajstić information content (AvgIpc) is 3.50. The third-order valence-electron chi connectivity index (χ3n) is 4.86. The van der Waals surface area contributed by atoms with Gasteiger partial charge in [0.2, 0.25) is 0 Å². The molecule has 0 spiro atoms. The first-order valence-electron chi connectivity index (χ1n) is 10.2. The molecule has 0 radical (unpaired) electrons.